The van der Waals surface area contributed by atoms with Crippen molar-refractivity contribution < 1.29 is 23.9 Å². The molecule has 0 spiro atoms. The summed E-state index contributed by atoms with van der Waals surface area (Å²) in [4.78, 5) is 38.7. The summed E-state index contributed by atoms with van der Waals surface area (Å²) in [5.41, 5.74) is 2.17. The average molecular weight is 460 g/mol. The minimum Gasteiger partial charge on any atom is -0.492 e. The first-order chi connectivity index (χ1) is 16.0. The number of benzene rings is 3. The number of aryl methyl sites for hydroxylation is 1. The maximum atomic E-state index is 12.7. The maximum absolute atomic E-state index is 12.7. The van der Waals surface area contributed by atoms with Gasteiger partial charge in [0.15, 0.2) is 0 Å². The zero-order valence-corrected chi connectivity index (χ0v) is 18.7. The van der Waals surface area contributed by atoms with Gasteiger partial charge in [-0.25, -0.2) is 4.79 Å². The lowest BCUT2D eigenvalue weighted by atomic mass is 10.1. The topological polar surface area (TPSA) is 72.9 Å². The molecular weight excluding hydrogens is 438 g/mol. The molecule has 0 aromatic heterocycles. The van der Waals surface area contributed by atoms with Gasteiger partial charge in [-0.1, -0.05) is 48.0 Å². The van der Waals surface area contributed by atoms with Crippen LogP contribution in [0.1, 0.15) is 21.5 Å². The number of hydrogen-bond acceptors (Lipinski definition) is 6. The number of nitrogens with zero attached hydrogens (tertiary/aromatic N) is 1. The van der Waals surface area contributed by atoms with Gasteiger partial charge in [-0.2, -0.15) is 0 Å². The molecule has 1 aliphatic heterocycles. The van der Waals surface area contributed by atoms with Crippen molar-refractivity contribution in [1.29, 1.82) is 0 Å². The number of carbonyl (C=O) groups excluding carboxylic acids is 3. The summed E-state index contributed by atoms with van der Waals surface area (Å²) < 4.78 is 11.0. The Morgan fingerprint density at radius 2 is 1.70 bits per heavy atom. The van der Waals surface area contributed by atoms with E-state index in [1.54, 1.807) is 48.5 Å². The van der Waals surface area contributed by atoms with Gasteiger partial charge in [0.1, 0.15) is 18.1 Å². The Morgan fingerprint density at radius 1 is 0.939 bits per heavy atom. The van der Waals surface area contributed by atoms with Crippen molar-refractivity contribution in [3.05, 3.63) is 100 Å². The molecule has 4 rings (SSSR count). The Kier molecular flexibility index (Phi) is 6.90. The number of amides is 2. The van der Waals surface area contributed by atoms with E-state index in [0.717, 1.165) is 22.9 Å². The van der Waals surface area contributed by atoms with Crippen molar-refractivity contribution in [2.45, 2.75) is 6.92 Å². The summed E-state index contributed by atoms with van der Waals surface area (Å²) in [6, 6.07) is 23.1. The van der Waals surface area contributed by atoms with Gasteiger partial charge in [0.05, 0.1) is 17.0 Å². The van der Waals surface area contributed by atoms with Crippen molar-refractivity contribution in [3.8, 4) is 11.5 Å². The van der Waals surface area contributed by atoms with E-state index in [1.165, 1.54) is 4.90 Å². The second-order valence-electron chi connectivity index (χ2n) is 7.32. The van der Waals surface area contributed by atoms with E-state index in [2.05, 4.69) is 0 Å². The predicted molar refractivity (Wildman–Crippen MR) is 127 cm³/mol. The summed E-state index contributed by atoms with van der Waals surface area (Å²) in [6.07, 6.45) is 1.65. The highest BCUT2D eigenvalue weighted by molar-refractivity contribution is 8.18. The lowest BCUT2D eigenvalue weighted by molar-refractivity contribution is -0.123. The second kappa shape index (κ2) is 10.2. The Bertz CT molecular complexity index is 1200. The molecule has 3 aromatic carbocycles. The van der Waals surface area contributed by atoms with Gasteiger partial charge >= 0.3 is 5.97 Å². The second-order valence-corrected chi connectivity index (χ2v) is 8.32. The van der Waals surface area contributed by atoms with Crippen molar-refractivity contribution in [1.82, 2.24) is 4.90 Å². The first-order valence-corrected chi connectivity index (χ1v) is 11.1. The number of ether oxygens (including phenoxy) is 2. The van der Waals surface area contributed by atoms with Crippen LogP contribution in [0.5, 0.6) is 11.5 Å². The molecule has 0 atom stereocenters. The molecule has 0 aliphatic carbocycles. The summed E-state index contributed by atoms with van der Waals surface area (Å²) in [5.74, 6) is 0.287. The van der Waals surface area contributed by atoms with E-state index >= 15 is 0 Å². The van der Waals surface area contributed by atoms with Gasteiger partial charge in [0.25, 0.3) is 11.1 Å². The van der Waals surface area contributed by atoms with Crippen molar-refractivity contribution in [2.75, 3.05) is 13.2 Å². The highest BCUT2D eigenvalue weighted by Gasteiger charge is 2.34. The van der Waals surface area contributed by atoms with Crippen LogP contribution in [0.25, 0.3) is 6.08 Å². The monoisotopic (exact) mass is 459 g/mol. The molecule has 2 amide bonds. The van der Waals surface area contributed by atoms with E-state index < -0.39 is 5.97 Å². The number of thioether (sulfide) groups is 1. The van der Waals surface area contributed by atoms with Crippen molar-refractivity contribution >= 4 is 35.0 Å². The van der Waals surface area contributed by atoms with Crippen LogP contribution in [-0.4, -0.2) is 35.2 Å². The molecule has 0 unspecified atom stereocenters. The van der Waals surface area contributed by atoms with Gasteiger partial charge in [-0.3, -0.25) is 14.5 Å². The molecule has 0 N–H and O–H groups in total. The van der Waals surface area contributed by atoms with Crippen molar-refractivity contribution in [3.63, 3.8) is 0 Å². The molecule has 1 saturated heterocycles. The predicted octanol–water partition coefficient (Wildman–Crippen LogP) is 5.33. The third-order valence-corrected chi connectivity index (χ3v) is 5.75. The van der Waals surface area contributed by atoms with Gasteiger partial charge in [-0.15, -0.1) is 0 Å². The van der Waals surface area contributed by atoms with Crippen LogP contribution in [-0.2, 0) is 4.79 Å². The molecule has 0 saturated carbocycles. The summed E-state index contributed by atoms with van der Waals surface area (Å²) in [5, 5.41) is -0.327. The van der Waals surface area contributed by atoms with Crippen LogP contribution < -0.4 is 9.47 Å². The van der Waals surface area contributed by atoms with Crippen LogP contribution in [0.3, 0.4) is 0 Å². The first kappa shape index (κ1) is 22.4. The molecule has 0 radical (unpaired) electrons. The van der Waals surface area contributed by atoms with Crippen LogP contribution >= 0.6 is 11.8 Å². The van der Waals surface area contributed by atoms with Gasteiger partial charge in [0.2, 0.25) is 0 Å². The summed E-state index contributed by atoms with van der Waals surface area (Å²) >= 11 is 0.894. The standard InChI is InChI=1S/C26H21NO5S/c1-18-6-5-7-20(16-18)25(29)32-22-12-10-19(11-13-22)17-23-24(28)27(26(30)33-23)14-15-31-21-8-3-2-4-9-21/h2-13,16-17H,14-15H2,1H3/b23-17-. The summed E-state index contributed by atoms with van der Waals surface area (Å²) in [6.45, 7) is 2.30. The summed E-state index contributed by atoms with van der Waals surface area (Å²) in [7, 11) is 0. The first-order valence-electron chi connectivity index (χ1n) is 10.3. The van der Waals surface area contributed by atoms with Gasteiger partial charge in [0, 0.05) is 0 Å². The average Bonchev–Trinajstić information content (AvgIpc) is 3.08. The van der Waals surface area contributed by atoms with Crippen LogP contribution in [0.15, 0.2) is 83.8 Å². The Hall–Kier alpha value is -3.84. The fourth-order valence-electron chi connectivity index (χ4n) is 3.19. The lowest BCUT2D eigenvalue weighted by Crippen LogP contribution is -2.32. The number of esters is 1. The van der Waals surface area contributed by atoms with E-state index in [0.29, 0.717) is 22.0 Å². The number of carbonyl (C=O) groups is 3. The maximum Gasteiger partial charge on any atom is 0.343 e. The quantitative estimate of drug-likeness (QED) is 0.270. The lowest BCUT2D eigenvalue weighted by Gasteiger charge is -2.13. The van der Waals surface area contributed by atoms with Crippen LogP contribution in [0, 0.1) is 6.92 Å². The Morgan fingerprint density at radius 3 is 2.42 bits per heavy atom. The third kappa shape index (κ3) is 5.70. The molecule has 0 bridgehead atoms. The van der Waals surface area contributed by atoms with E-state index in [4.69, 9.17) is 9.47 Å². The largest absolute Gasteiger partial charge is 0.492 e. The SMILES string of the molecule is Cc1cccc(C(=O)Oc2ccc(/C=C3\SC(=O)N(CCOc4ccccc4)C3=O)cc2)c1. The molecule has 166 valence electrons. The number of para-hydroxylation sites is 1. The molecule has 7 heteroatoms. The highest BCUT2D eigenvalue weighted by Crippen LogP contribution is 2.32. The highest BCUT2D eigenvalue weighted by atomic mass is 32.2. The van der Waals surface area contributed by atoms with Crippen molar-refractivity contribution in [2.24, 2.45) is 0 Å². The minimum atomic E-state index is -0.440. The van der Waals surface area contributed by atoms with E-state index in [9.17, 15) is 14.4 Å². The minimum absolute atomic E-state index is 0.171. The third-order valence-electron chi connectivity index (χ3n) is 4.84. The molecule has 3 aromatic rings. The number of rotatable bonds is 7. The van der Waals surface area contributed by atoms with Gasteiger partial charge in [-0.05, 0) is 66.7 Å². The van der Waals surface area contributed by atoms with Crippen LogP contribution in [0.2, 0.25) is 0 Å². The molecular formula is C26H21NO5S. The Balaban J connectivity index is 1.36. The molecule has 1 fully saturated rings. The zero-order valence-electron chi connectivity index (χ0n) is 17.9. The fraction of sp³-hybridized carbons (Fsp3) is 0.115. The number of imide groups is 1. The smallest absolute Gasteiger partial charge is 0.343 e. The Labute approximate surface area is 195 Å². The van der Waals surface area contributed by atoms with E-state index in [-0.39, 0.29) is 24.3 Å². The number of hydrogen-bond donors (Lipinski definition) is 0. The molecule has 1 aliphatic rings. The molecule has 1 heterocycles. The molecule has 6 nitrogen and oxygen atoms in total. The van der Waals surface area contributed by atoms with Crippen LogP contribution in [0.4, 0.5) is 4.79 Å². The normalized spacial score (nSPS) is 14.6. The molecule has 33 heavy (non-hydrogen) atoms. The van der Waals surface area contributed by atoms with Gasteiger partial charge < -0.3 is 9.47 Å². The van der Waals surface area contributed by atoms with E-state index in [1.807, 2.05) is 43.3 Å². The zero-order chi connectivity index (χ0) is 23.2. The fourth-order valence-corrected chi connectivity index (χ4v) is 4.05.